The lowest BCUT2D eigenvalue weighted by molar-refractivity contribution is -0.118. The Morgan fingerprint density at radius 3 is 2.90 bits per heavy atom. The van der Waals surface area contributed by atoms with Crippen molar-refractivity contribution in [3.63, 3.8) is 0 Å². The van der Waals surface area contributed by atoms with E-state index in [4.69, 9.17) is 0 Å². The number of pyridine rings is 1. The number of para-hydroxylation sites is 1. The summed E-state index contributed by atoms with van der Waals surface area (Å²) in [6, 6.07) is 11.9. The van der Waals surface area contributed by atoms with Crippen molar-refractivity contribution in [3.05, 3.63) is 54.0 Å². The first-order chi connectivity index (χ1) is 10.1. The van der Waals surface area contributed by atoms with Gasteiger partial charge in [-0.15, -0.1) is 0 Å². The summed E-state index contributed by atoms with van der Waals surface area (Å²) in [6.45, 7) is 2.44. The minimum absolute atomic E-state index is 0.0361. The van der Waals surface area contributed by atoms with E-state index in [0.29, 0.717) is 12.4 Å². The lowest BCUT2D eigenvalue weighted by atomic mass is 10.2. The molecule has 2 aromatic rings. The number of anilines is 2. The first-order valence-corrected chi connectivity index (χ1v) is 6.93. The Labute approximate surface area is 122 Å². The third-order valence-corrected chi connectivity index (χ3v) is 3.60. The molecule has 0 radical (unpaired) electrons. The van der Waals surface area contributed by atoms with Crippen LogP contribution >= 0.6 is 0 Å². The van der Waals surface area contributed by atoms with Crippen LogP contribution in [0.25, 0.3) is 0 Å². The number of halogens is 1. The van der Waals surface area contributed by atoms with Crippen LogP contribution in [0.5, 0.6) is 0 Å². The van der Waals surface area contributed by atoms with Crippen LogP contribution in [-0.2, 0) is 11.2 Å². The highest BCUT2D eigenvalue weighted by molar-refractivity contribution is 6.00. The zero-order valence-corrected chi connectivity index (χ0v) is 11.7. The third kappa shape index (κ3) is 2.72. The van der Waals surface area contributed by atoms with Gasteiger partial charge in [0.25, 0.3) is 0 Å². The fraction of sp³-hybridized carbons (Fsp3) is 0.250. The normalized spacial score (nSPS) is 14.7. The van der Waals surface area contributed by atoms with Crippen molar-refractivity contribution in [2.75, 3.05) is 16.8 Å². The molecule has 1 aliphatic heterocycles. The van der Waals surface area contributed by atoms with Gasteiger partial charge >= 0.3 is 0 Å². The van der Waals surface area contributed by atoms with Crippen molar-refractivity contribution < 1.29 is 9.18 Å². The Balaban J connectivity index is 1.74. The molecule has 4 nitrogen and oxygen atoms in total. The fourth-order valence-electron chi connectivity index (χ4n) is 2.57. The molecular weight excluding hydrogens is 269 g/mol. The molecule has 1 amide bonds. The lowest BCUT2D eigenvalue weighted by Crippen LogP contribution is -2.40. The first-order valence-electron chi connectivity index (χ1n) is 6.93. The summed E-state index contributed by atoms with van der Waals surface area (Å²) < 4.78 is 13.1. The maximum atomic E-state index is 13.1. The number of rotatable bonds is 3. The average molecular weight is 285 g/mol. The summed E-state index contributed by atoms with van der Waals surface area (Å²) >= 11 is 0. The number of fused-ring (bicyclic) bond motifs is 1. The second-order valence-corrected chi connectivity index (χ2v) is 5.08. The standard InChI is InChI=1S/C16H16FN3O/c1-11(18-15-8-4-7-14(17)19-15)16(21)20-10-9-12-5-2-3-6-13(12)20/h2-8,11H,9-10H2,1H3,(H,18,19). The number of aromatic nitrogens is 1. The summed E-state index contributed by atoms with van der Waals surface area (Å²) in [6.07, 6.45) is 0.868. The highest BCUT2D eigenvalue weighted by atomic mass is 19.1. The molecule has 5 heteroatoms. The Kier molecular flexibility index (Phi) is 3.56. The number of nitrogens with zero attached hydrogens (tertiary/aromatic N) is 2. The number of carbonyl (C=O) groups excluding carboxylic acids is 1. The molecule has 0 saturated heterocycles. The van der Waals surface area contributed by atoms with E-state index in [1.807, 2.05) is 24.3 Å². The molecule has 0 saturated carbocycles. The largest absolute Gasteiger partial charge is 0.359 e. The molecule has 1 atom stereocenters. The zero-order valence-electron chi connectivity index (χ0n) is 11.7. The summed E-state index contributed by atoms with van der Waals surface area (Å²) in [5, 5.41) is 2.95. The van der Waals surface area contributed by atoms with Crippen LogP contribution in [0.2, 0.25) is 0 Å². The smallest absolute Gasteiger partial charge is 0.249 e. The van der Waals surface area contributed by atoms with E-state index < -0.39 is 12.0 Å². The molecule has 2 heterocycles. The van der Waals surface area contributed by atoms with Gasteiger partial charge in [-0.3, -0.25) is 4.79 Å². The average Bonchev–Trinajstić information content (AvgIpc) is 2.90. The Morgan fingerprint density at radius 2 is 2.10 bits per heavy atom. The predicted molar refractivity (Wildman–Crippen MR) is 79.8 cm³/mol. The van der Waals surface area contributed by atoms with Crippen LogP contribution in [0.1, 0.15) is 12.5 Å². The van der Waals surface area contributed by atoms with Gasteiger partial charge in [-0.2, -0.15) is 4.39 Å². The minimum atomic E-state index is -0.564. The monoisotopic (exact) mass is 285 g/mol. The number of nitrogens with one attached hydrogen (secondary N) is 1. The van der Waals surface area contributed by atoms with E-state index in [1.165, 1.54) is 11.6 Å². The first kappa shape index (κ1) is 13.5. The Hall–Kier alpha value is -2.43. The van der Waals surface area contributed by atoms with Gasteiger partial charge in [-0.05, 0) is 37.1 Å². The van der Waals surface area contributed by atoms with Crippen molar-refractivity contribution in [2.45, 2.75) is 19.4 Å². The summed E-state index contributed by atoms with van der Waals surface area (Å²) in [5.74, 6) is -0.236. The van der Waals surface area contributed by atoms with Gasteiger partial charge in [0, 0.05) is 12.2 Å². The molecule has 1 aromatic heterocycles. The zero-order chi connectivity index (χ0) is 14.8. The number of benzene rings is 1. The molecule has 0 fully saturated rings. The topological polar surface area (TPSA) is 45.2 Å². The highest BCUT2D eigenvalue weighted by Crippen LogP contribution is 2.28. The molecular formula is C16H16FN3O. The van der Waals surface area contributed by atoms with Crippen molar-refractivity contribution in [3.8, 4) is 0 Å². The van der Waals surface area contributed by atoms with Gasteiger partial charge in [-0.1, -0.05) is 24.3 Å². The maximum Gasteiger partial charge on any atom is 0.249 e. The summed E-state index contributed by atoms with van der Waals surface area (Å²) in [7, 11) is 0. The number of amides is 1. The van der Waals surface area contributed by atoms with Gasteiger partial charge in [0.15, 0.2) is 0 Å². The lowest BCUT2D eigenvalue weighted by Gasteiger charge is -2.22. The fourth-order valence-corrected chi connectivity index (χ4v) is 2.57. The molecule has 21 heavy (non-hydrogen) atoms. The van der Waals surface area contributed by atoms with Gasteiger partial charge in [0.2, 0.25) is 11.9 Å². The van der Waals surface area contributed by atoms with E-state index in [9.17, 15) is 9.18 Å². The van der Waals surface area contributed by atoms with E-state index in [0.717, 1.165) is 12.1 Å². The maximum absolute atomic E-state index is 13.1. The minimum Gasteiger partial charge on any atom is -0.359 e. The highest BCUT2D eigenvalue weighted by Gasteiger charge is 2.27. The Morgan fingerprint density at radius 1 is 1.29 bits per heavy atom. The molecule has 108 valence electrons. The van der Waals surface area contributed by atoms with Gasteiger partial charge in [-0.25, -0.2) is 4.98 Å². The van der Waals surface area contributed by atoms with Crippen LogP contribution in [0.15, 0.2) is 42.5 Å². The molecule has 3 rings (SSSR count). The second-order valence-electron chi connectivity index (χ2n) is 5.08. The van der Waals surface area contributed by atoms with Crippen molar-refractivity contribution in [1.29, 1.82) is 0 Å². The van der Waals surface area contributed by atoms with E-state index in [1.54, 1.807) is 24.0 Å². The quantitative estimate of drug-likeness (QED) is 0.882. The van der Waals surface area contributed by atoms with Crippen LogP contribution < -0.4 is 10.2 Å². The summed E-state index contributed by atoms with van der Waals surface area (Å²) in [4.78, 5) is 18.0. The van der Waals surface area contributed by atoms with Crippen molar-refractivity contribution >= 4 is 17.4 Å². The molecule has 1 aromatic carbocycles. The van der Waals surface area contributed by atoms with Crippen LogP contribution in [0.4, 0.5) is 15.9 Å². The van der Waals surface area contributed by atoms with Gasteiger partial charge < -0.3 is 10.2 Å². The van der Waals surface area contributed by atoms with E-state index in [-0.39, 0.29) is 5.91 Å². The van der Waals surface area contributed by atoms with Gasteiger partial charge in [0.1, 0.15) is 11.9 Å². The molecule has 0 spiro atoms. The van der Waals surface area contributed by atoms with Gasteiger partial charge in [0.05, 0.1) is 0 Å². The number of hydrogen-bond acceptors (Lipinski definition) is 3. The Bertz CT molecular complexity index is 674. The summed E-state index contributed by atoms with van der Waals surface area (Å²) in [5.41, 5.74) is 2.14. The van der Waals surface area contributed by atoms with Crippen LogP contribution in [0, 0.1) is 5.95 Å². The number of hydrogen-bond donors (Lipinski definition) is 1. The number of carbonyl (C=O) groups is 1. The SMILES string of the molecule is CC(Nc1cccc(F)n1)C(=O)N1CCc2ccccc21. The van der Waals surface area contributed by atoms with Crippen molar-refractivity contribution in [1.82, 2.24) is 4.98 Å². The molecule has 0 bridgehead atoms. The molecule has 0 aliphatic carbocycles. The van der Waals surface area contributed by atoms with Crippen LogP contribution in [-0.4, -0.2) is 23.5 Å². The van der Waals surface area contributed by atoms with E-state index >= 15 is 0 Å². The van der Waals surface area contributed by atoms with Crippen LogP contribution in [0.3, 0.4) is 0 Å². The molecule has 1 N–H and O–H groups in total. The second kappa shape index (κ2) is 5.52. The third-order valence-electron chi connectivity index (χ3n) is 3.60. The predicted octanol–water partition coefficient (Wildman–Crippen LogP) is 2.61. The molecule has 1 aliphatic rings. The molecule has 1 unspecified atom stereocenters. The van der Waals surface area contributed by atoms with Crippen molar-refractivity contribution in [2.24, 2.45) is 0 Å². The van der Waals surface area contributed by atoms with E-state index in [2.05, 4.69) is 10.3 Å².